The number of rotatable bonds is 4. The highest BCUT2D eigenvalue weighted by atomic mass is 16.4. The molecule has 0 unspecified atom stereocenters. The number of fused-ring (bicyclic) bond motifs is 1. The van der Waals surface area contributed by atoms with E-state index in [1.165, 1.54) is 0 Å². The first-order valence-corrected chi connectivity index (χ1v) is 8.74. The Morgan fingerprint density at radius 1 is 1.15 bits per heavy atom. The number of carbonyl (C=O) groups is 1. The lowest BCUT2D eigenvalue weighted by Crippen LogP contribution is -2.36. The van der Waals surface area contributed by atoms with Crippen LogP contribution in [-0.4, -0.2) is 56.8 Å². The average Bonchev–Trinajstić information content (AvgIpc) is 3.07. The van der Waals surface area contributed by atoms with E-state index in [0.29, 0.717) is 6.04 Å². The number of aromatic carboxylic acids is 1. The number of imidazole rings is 1. The Balaban J connectivity index is 1.61. The van der Waals surface area contributed by atoms with Crippen LogP contribution in [0.2, 0.25) is 0 Å². The van der Waals surface area contributed by atoms with Crippen molar-refractivity contribution < 1.29 is 9.90 Å². The number of carboxylic acid groups (broad SMARTS) is 1. The van der Waals surface area contributed by atoms with Gasteiger partial charge in [-0.25, -0.2) is 14.3 Å². The average molecular weight is 351 g/mol. The van der Waals surface area contributed by atoms with Gasteiger partial charge in [0.1, 0.15) is 5.82 Å². The number of carboxylic acids is 1. The molecule has 0 spiro atoms. The van der Waals surface area contributed by atoms with E-state index in [4.69, 9.17) is 10.2 Å². The highest BCUT2D eigenvalue weighted by Gasteiger charge is 2.17. The lowest BCUT2D eigenvalue weighted by Gasteiger charge is -2.29. The molecule has 26 heavy (non-hydrogen) atoms. The highest BCUT2D eigenvalue weighted by molar-refractivity contribution is 5.88. The summed E-state index contributed by atoms with van der Waals surface area (Å²) in [5, 5.41) is 17.3. The van der Waals surface area contributed by atoms with Crippen molar-refractivity contribution in [1.82, 2.24) is 19.5 Å². The lowest BCUT2D eigenvalue weighted by molar-refractivity contribution is 0.0697. The van der Waals surface area contributed by atoms with Gasteiger partial charge in [0.2, 0.25) is 0 Å². The van der Waals surface area contributed by atoms with Crippen LogP contribution in [0.1, 0.15) is 23.2 Å². The van der Waals surface area contributed by atoms with Crippen LogP contribution in [0.25, 0.3) is 16.9 Å². The summed E-state index contributed by atoms with van der Waals surface area (Å²) in [5.74, 6) is -0.106. The zero-order valence-electron chi connectivity index (χ0n) is 14.6. The molecule has 0 saturated carbocycles. The van der Waals surface area contributed by atoms with Crippen molar-refractivity contribution in [3.05, 3.63) is 48.2 Å². The van der Waals surface area contributed by atoms with Crippen LogP contribution in [0.3, 0.4) is 0 Å². The predicted molar refractivity (Wildman–Crippen MR) is 99.5 cm³/mol. The Morgan fingerprint density at radius 3 is 2.58 bits per heavy atom. The first-order valence-electron chi connectivity index (χ1n) is 8.74. The van der Waals surface area contributed by atoms with Gasteiger partial charge in [-0.05, 0) is 57.2 Å². The van der Waals surface area contributed by atoms with Crippen molar-refractivity contribution in [2.24, 2.45) is 0 Å². The standard InChI is InChI=1S/C19H21N5O2/c1-23-10-8-15(9-11-23)21-17-6-7-18-20-12-16(24(18)22-17)13-2-4-14(5-3-13)19(25)26/h2-7,12,15H,8-11H2,1H3,(H,21,22)(H,25,26). The second kappa shape index (κ2) is 6.76. The van der Waals surface area contributed by atoms with Gasteiger partial charge in [-0.3, -0.25) is 0 Å². The molecule has 2 N–H and O–H groups in total. The first-order chi connectivity index (χ1) is 12.6. The number of benzene rings is 1. The van der Waals surface area contributed by atoms with Gasteiger partial charge in [0.05, 0.1) is 17.5 Å². The van der Waals surface area contributed by atoms with Crippen LogP contribution in [0.5, 0.6) is 0 Å². The normalized spacial score (nSPS) is 16.0. The number of hydrogen-bond donors (Lipinski definition) is 2. The smallest absolute Gasteiger partial charge is 0.335 e. The molecule has 0 radical (unpaired) electrons. The van der Waals surface area contributed by atoms with Crippen molar-refractivity contribution >= 4 is 17.4 Å². The minimum absolute atomic E-state index is 0.264. The van der Waals surface area contributed by atoms with E-state index in [9.17, 15) is 4.79 Å². The molecule has 4 rings (SSSR count). The van der Waals surface area contributed by atoms with E-state index < -0.39 is 5.97 Å². The van der Waals surface area contributed by atoms with Crippen molar-refractivity contribution in [2.75, 3.05) is 25.5 Å². The molecule has 3 heterocycles. The molecule has 134 valence electrons. The molecule has 0 aliphatic carbocycles. The zero-order chi connectivity index (χ0) is 18.1. The number of hydrogen-bond acceptors (Lipinski definition) is 5. The fourth-order valence-corrected chi connectivity index (χ4v) is 3.29. The van der Waals surface area contributed by atoms with Crippen LogP contribution < -0.4 is 5.32 Å². The molecule has 2 aromatic heterocycles. The summed E-state index contributed by atoms with van der Waals surface area (Å²) in [7, 11) is 2.15. The van der Waals surface area contributed by atoms with E-state index in [0.717, 1.165) is 48.7 Å². The van der Waals surface area contributed by atoms with Gasteiger partial charge in [-0.1, -0.05) is 12.1 Å². The van der Waals surface area contributed by atoms with E-state index in [1.807, 2.05) is 12.1 Å². The molecule has 1 aliphatic rings. The largest absolute Gasteiger partial charge is 0.478 e. The summed E-state index contributed by atoms with van der Waals surface area (Å²) in [5.41, 5.74) is 2.74. The Labute approximate surface area is 151 Å². The fourth-order valence-electron chi connectivity index (χ4n) is 3.29. The van der Waals surface area contributed by atoms with Gasteiger partial charge in [0.25, 0.3) is 0 Å². The topological polar surface area (TPSA) is 82.8 Å². The van der Waals surface area contributed by atoms with Crippen LogP contribution >= 0.6 is 0 Å². The molecule has 1 aliphatic heterocycles. The zero-order valence-corrected chi connectivity index (χ0v) is 14.6. The number of anilines is 1. The van der Waals surface area contributed by atoms with Crippen molar-refractivity contribution in [2.45, 2.75) is 18.9 Å². The minimum atomic E-state index is -0.933. The number of aromatic nitrogens is 3. The predicted octanol–water partition coefficient (Wildman–Crippen LogP) is 2.60. The van der Waals surface area contributed by atoms with E-state index in [2.05, 4.69) is 22.2 Å². The fraction of sp³-hybridized carbons (Fsp3) is 0.316. The molecule has 1 aromatic carbocycles. The number of nitrogens with zero attached hydrogens (tertiary/aromatic N) is 4. The van der Waals surface area contributed by atoms with Gasteiger partial charge < -0.3 is 15.3 Å². The van der Waals surface area contributed by atoms with Gasteiger partial charge in [0, 0.05) is 11.6 Å². The molecule has 1 fully saturated rings. The second-order valence-corrected chi connectivity index (χ2v) is 6.74. The maximum atomic E-state index is 11.0. The Kier molecular flexibility index (Phi) is 4.30. The van der Waals surface area contributed by atoms with E-state index >= 15 is 0 Å². The molecule has 0 bridgehead atoms. The molecule has 7 nitrogen and oxygen atoms in total. The number of nitrogens with one attached hydrogen (secondary N) is 1. The van der Waals surface area contributed by atoms with Crippen LogP contribution in [-0.2, 0) is 0 Å². The van der Waals surface area contributed by atoms with E-state index in [1.54, 1.807) is 35.0 Å². The number of likely N-dealkylation sites (tertiary alicyclic amines) is 1. The van der Waals surface area contributed by atoms with Gasteiger partial charge >= 0.3 is 5.97 Å². The SMILES string of the molecule is CN1CCC(Nc2ccc3ncc(-c4ccc(C(=O)O)cc4)n3n2)CC1. The van der Waals surface area contributed by atoms with Crippen LogP contribution in [0.4, 0.5) is 5.82 Å². The summed E-state index contributed by atoms with van der Waals surface area (Å²) in [4.78, 5) is 17.8. The third-order valence-corrected chi connectivity index (χ3v) is 4.86. The third kappa shape index (κ3) is 3.25. The Hall–Kier alpha value is -2.93. The molecule has 0 atom stereocenters. The van der Waals surface area contributed by atoms with Gasteiger partial charge in [0.15, 0.2) is 5.65 Å². The Morgan fingerprint density at radius 2 is 1.88 bits per heavy atom. The monoisotopic (exact) mass is 351 g/mol. The summed E-state index contributed by atoms with van der Waals surface area (Å²) in [6.07, 6.45) is 3.96. The maximum absolute atomic E-state index is 11.0. The third-order valence-electron chi connectivity index (χ3n) is 4.86. The van der Waals surface area contributed by atoms with E-state index in [-0.39, 0.29) is 5.56 Å². The molecular weight excluding hydrogens is 330 g/mol. The molecule has 3 aromatic rings. The highest BCUT2D eigenvalue weighted by Crippen LogP contribution is 2.22. The molecule has 7 heteroatoms. The van der Waals surface area contributed by atoms with Crippen molar-refractivity contribution in [1.29, 1.82) is 0 Å². The maximum Gasteiger partial charge on any atom is 0.335 e. The summed E-state index contributed by atoms with van der Waals surface area (Å²) < 4.78 is 1.80. The van der Waals surface area contributed by atoms with Crippen LogP contribution in [0.15, 0.2) is 42.6 Å². The molecular formula is C19H21N5O2. The second-order valence-electron chi connectivity index (χ2n) is 6.74. The summed E-state index contributed by atoms with van der Waals surface area (Å²) in [6, 6.07) is 11.1. The molecule has 1 saturated heterocycles. The summed E-state index contributed by atoms with van der Waals surface area (Å²) >= 11 is 0. The van der Waals surface area contributed by atoms with Crippen molar-refractivity contribution in [3.63, 3.8) is 0 Å². The summed E-state index contributed by atoms with van der Waals surface area (Å²) in [6.45, 7) is 2.18. The first kappa shape index (κ1) is 16.5. The lowest BCUT2D eigenvalue weighted by atomic mass is 10.1. The van der Waals surface area contributed by atoms with Crippen molar-refractivity contribution in [3.8, 4) is 11.3 Å². The van der Waals surface area contributed by atoms with Gasteiger partial charge in [-0.15, -0.1) is 5.10 Å². The minimum Gasteiger partial charge on any atom is -0.478 e. The quantitative estimate of drug-likeness (QED) is 0.752. The number of piperidine rings is 1. The van der Waals surface area contributed by atoms with Gasteiger partial charge in [-0.2, -0.15) is 0 Å². The Bertz CT molecular complexity index is 927. The van der Waals surface area contributed by atoms with Crippen LogP contribution in [0, 0.1) is 0 Å². The molecule has 0 amide bonds.